The summed E-state index contributed by atoms with van der Waals surface area (Å²) in [5.74, 6) is -3.30. The van der Waals surface area contributed by atoms with Crippen molar-refractivity contribution >= 4 is 23.2 Å². The van der Waals surface area contributed by atoms with E-state index >= 15 is 0 Å². The quantitative estimate of drug-likeness (QED) is 0.691. The van der Waals surface area contributed by atoms with Crippen molar-refractivity contribution in [2.24, 2.45) is 5.92 Å². The van der Waals surface area contributed by atoms with Gasteiger partial charge in [-0.15, -0.1) is 11.3 Å². The van der Waals surface area contributed by atoms with Crippen molar-refractivity contribution < 1.29 is 33.0 Å². The van der Waals surface area contributed by atoms with Crippen molar-refractivity contribution in [3.8, 4) is 5.75 Å². The summed E-state index contributed by atoms with van der Waals surface area (Å²) in [7, 11) is 0.774. The highest BCUT2D eigenvalue weighted by Gasteiger charge is 2.69. The van der Waals surface area contributed by atoms with Crippen LogP contribution in [0.1, 0.15) is 21.3 Å². The van der Waals surface area contributed by atoms with Crippen LogP contribution in [0.5, 0.6) is 5.75 Å². The highest BCUT2D eigenvalue weighted by Crippen LogP contribution is 2.48. The Morgan fingerprint density at radius 3 is 2.56 bits per heavy atom. The van der Waals surface area contributed by atoms with Crippen molar-refractivity contribution in [3.63, 3.8) is 0 Å². The summed E-state index contributed by atoms with van der Waals surface area (Å²) < 4.78 is 41.7. The van der Waals surface area contributed by atoms with Crippen LogP contribution in [0.15, 0.2) is 41.8 Å². The van der Waals surface area contributed by atoms with E-state index in [4.69, 9.17) is 0 Å². The van der Waals surface area contributed by atoms with E-state index in [1.54, 1.807) is 0 Å². The molecule has 0 aliphatic carbocycles. The molecule has 2 aromatic rings. The normalized spacial score (nSPS) is 26.0. The van der Waals surface area contributed by atoms with Crippen LogP contribution in [0.4, 0.5) is 18.0 Å². The Morgan fingerprint density at radius 2 is 2.00 bits per heavy atom. The van der Waals surface area contributed by atoms with Crippen LogP contribution < -0.4 is 5.32 Å². The smallest absolute Gasteiger partial charge is 0.437 e. The molecule has 1 fully saturated rings. The van der Waals surface area contributed by atoms with Gasteiger partial charge in [0, 0.05) is 7.05 Å². The first-order valence-corrected chi connectivity index (χ1v) is 8.65. The Morgan fingerprint density at radius 1 is 1.30 bits per heavy atom. The number of benzene rings is 1. The minimum Gasteiger partial charge on any atom is -0.508 e. The van der Waals surface area contributed by atoms with Gasteiger partial charge in [0.1, 0.15) is 11.7 Å². The van der Waals surface area contributed by atoms with Gasteiger partial charge < -0.3 is 15.5 Å². The molecule has 0 spiro atoms. The number of aromatic hydroxyl groups is 1. The number of Topliss-reactive ketones (excluding diaryl/α,β-unsaturated/α-hetero) is 1. The third-order valence-corrected chi connectivity index (χ3v) is 5.44. The second-order valence-electron chi connectivity index (χ2n) is 6.12. The maximum Gasteiger partial charge on any atom is 0.437 e. The van der Waals surface area contributed by atoms with E-state index in [1.807, 2.05) is 0 Å². The summed E-state index contributed by atoms with van der Waals surface area (Å²) in [5, 5.41) is 24.2. The molecule has 0 radical (unpaired) electrons. The molecule has 6 nitrogen and oxygen atoms in total. The number of urea groups is 1. The maximum absolute atomic E-state index is 13.9. The Hall–Kier alpha value is -2.59. The van der Waals surface area contributed by atoms with Gasteiger partial charge in [0.05, 0.1) is 10.9 Å². The number of halogens is 3. The third-order valence-electron chi connectivity index (χ3n) is 4.56. The molecule has 1 saturated heterocycles. The van der Waals surface area contributed by atoms with E-state index in [0.29, 0.717) is 0 Å². The number of phenols is 1. The molecule has 1 aromatic heterocycles. The highest BCUT2D eigenvalue weighted by molar-refractivity contribution is 7.12. The highest BCUT2D eigenvalue weighted by atomic mass is 32.1. The van der Waals surface area contributed by atoms with Gasteiger partial charge in [-0.25, -0.2) is 4.79 Å². The number of nitrogens with zero attached hydrogens (tertiary/aromatic N) is 1. The fourth-order valence-electron chi connectivity index (χ4n) is 3.18. The van der Waals surface area contributed by atoms with Crippen LogP contribution in [0.3, 0.4) is 0 Å². The lowest BCUT2D eigenvalue weighted by Gasteiger charge is -2.49. The van der Waals surface area contributed by atoms with Gasteiger partial charge in [0.15, 0.2) is 5.78 Å². The lowest BCUT2D eigenvalue weighted by atomic mass is 9.78. The minimum absolute atomic E-state index is 0.0115. The fourth-order valence-corrected chi connectivity index (χ4v) is 3.88. The van der Waals surface area contributed by atoms with Crippen LogP contribution in [-0.2, 0) is 0 Å². The molecule has 1 aliphatic heterocycles. The average Bonchev–Trinajstić information content (AvgIpc) is 3.12. The standard InChI is InChI=1S/C17H15F3N2O4S/c1-22-15(25)21-13(9-4-2-5-10(23)8-9)12(16(22,26)17(18,19)20)14(24)11-6-3-7-27-11/h2-8,12-13,23,26H,1H3,(H,21,25)/t12-,13+,16+/m0/s1. The SMILES string of the molecule is CN1C(=O)N[C@H](c2cccc(O)c2)[C@@H](C(=O)c2cccs2)[C@@]1(O)C(F)(F)F. The van der Waals surface area contributed by atoms with Gasteiger partial charge in [0.2, 0.25) is 0 Å². The van der Waals surface area contributed by atoms with Gasteiger partial charge in [-0.2, -0.15) is 13.2 Å². The largest absolute Gasteiger partial charge is 0.508 e. The van der Waals surface area contributed by atoms with E-state index in [-0.39, 0.29) is 21.1 Å². The molecule has 0 bridgehead atoms. The second-order valence-corrected chi connectivity index (χ2v) is 7.07. The molecule has 144 valence electrons. The number of aliphatic hydroxyl groups is 1. The average molecular weight is 400 g/mol. The van der Waals surface area contributed by atoms with Crippen LogP contribution in [0.25, 0.3) is 0 Å². The number of phenolic OH excluding ortho intramolecular Hbond substituents is 1. The van der Waals surface area contributed by atoms with Crippen molar-refractivity contribution in [2.45, 2.75) is 17.9 Å². The van der Waals surface area contributed by atoms with E-state index in [0.717, 1.165) is 24.5 Å². The summed E-state index contributed by atoms with van der Waals surface area (Å²) in [6.45, 7) is 0. The summed E-state index contributed by atoms with van der Waals surface area (Å²) in [6, 6.07) is 5.32. The van der Waals surface area contributed by atoms with E-state index in [1.165, 1.54) is 35.7 Å². The summed E-state index contributed by atoms with van der Waals surface area (Å²) >= 11 is 0.930. The number of amides is 2. The number of carbonyl (C=O) groups is 2. The molecule has 3 atom stereocenters. The number of nitrogens with one attached hydrogen (secondary N) is 1. The summed E-state index contributed by atoms with van der Waals surface area (Å²) in [4.78, 5) is 25.2. The van der Waals surface area contributed by atoms with Crippen LogP contribution in [0, 0.1) is 5.92 Å². The van der Waals surface area contributed by atoms with Crippen molar-refractivity contribution in [2.75, 3.05) is 7.05 Å². The number of hydrogen-bond acceptors (Lipinski definition) is 5. The monoisotopic (exact) mass is 400 g/mol. The van der Waals surface area contributed by atoms with Crippen LogP contribution in [-0.4, -0.2) is 45.9 Å². The zero-order valence-corrected chi connectivity index (χ0v) is 14.7. The number of ketones is 1. The lowest BCUT2D eigenvalue weighted by molar-refractivity contribution is -0.322. The molecule has 1 aliphatic rings. The van der Waals surface area contributed by atoms with E-state index < -0.39 is 35.7 Å². The van der Waals surface area contributed by atoms with E-state index in [2.05, 4.69) is 5.32 Å². The predicted molar refractivity (Wildman–Crippen MR) is 90.3 cm³/mol. The number of alkyl halides is 3. The summed E-state index contributed by atoms with van der Waals surface area (Å²) in [6.07, 6.45) is -5.30. The first-order valence-electron chi connectivity index (χ1n) is 7.77. The van der Waals surface area contributed by atoms with Crippen molar-refractivity contribution in [3.05, 3.63) is 52.2 Å². The van der Waals surface area contributed by atoms with Gasteiger partial charge in [-0.3, -0.25) is 9.69 Å². The molecular formula is C17H15F3N2O4S. The first-order chi connectivity index (χ1) is 12.6. The molecule has 0 saturated carbocycles. The zero-order chi connectivity index (χ0) is 20.0. The van der Waals surface area contributed by atoms with Crippen molar-refractivity contribution in [1.29, 1.82) is 0 Å². The molecule has 2 amide bonds. The number of carbonyl (C=O) groups excluding carboxylic acids is 2. The number of rotatable bonds is 3. The van der Waals surface area contributed by atoms with E-state index in [9.17, 15) is 33.0 Å². The first kappa shape index (κ1) is 19.2. The Labute approximate surface area is 155 Å². The molecule has 3 N–H and O–H groups in total. The van der Waals surface area contributed by atoms with Gasteiger partial charge in [-0.1, -0.05) is 18.2 Å². The zero-order valence-electron chi connectivity index (χ0n) is 13.9. The Bertz CT molecular complexity index is 871. The minimum atomic E-state index is -5.30. The third kappa shape index (κ3) is 3.04. The topological polar surface area (TPSA) is 89.9 Å². The van der Waals surface area contributed by atoms with Gasteiger partial charge >= 0.3 is 12.2 Å². The maximum atomic E-state index is 13.9. The van der Waals surface area contributed by atoms with Crippen molar-refractivity contribution in [1.82, 2.24) is 10.2 Å². The second kappa shape index (κ2) is 6.54. The lowest BCUT2D eigenvalue weighted by Crippen LogP contribution is -2.72. The number of thiophene rings is 1. The van der Waals surface area contributed by atoms with Crippen LogP contribution >= 0.6 is 11.3 Å². The molecule has 10 heteroatoms. The molecule has 2 heterocycles. The molecule has 27 heavy (non-hydrogen) atoms. The Kier molecular flexibility index (Phi) is 4.64. The number of hydrogen-bond donors (Lipinski definition) is 3. The Balaban J connectivity index is 2.21. The summed E-state index contributed by atoms with van der Waals surface area (Å²) in [5.41, 5.74) is -3.67. The molecular weight excluding hydrogens is 385 g/mol. The molecule has 3 rings (SSSR count). The fraction of sp³-hybridized carbons (Fsp3) is 0.294. The molecule has 0 unspecified atom stereocenters. The van der Waals surface area contributed by atoms with Gasteiger partial charge in [0.25, 0.3) is 5.72 Å². The van der Waals surface area contributed by atoms with Gasteiger partial charge in [-0.05, 0) is 29.1 Å². The predicted octanol–water partition coefficient (Wildman–Crippen LogP) is 2.90. The van der Waals surface area contributed by atoms with Crippen LogP contribution in [0.2, 0.25) is 0 Å². The molecule has 1 aromatic carbocycles.